The molecule has 0 aliphatic heterocycles. The van der Waals surface area contributed by atoms with Crippen molar-refractivity contribution in [2.45, 2.75) is 6.92 Å². The molecule has 0 radical (unpaired) electrons. The predicted octanol–water partition coefficient (Wildman–Crippen LogP) is 4.16. The van der Waals surface area contributed by atoms with E-state index in [0.29, 0.717) is 30.1 Å². The zero-order chi connectivity index (χ0) is 23.6. The molecule has 0 unspecified atom stereocenters. The Morgan fingerprint density at radius 1 is 0.818 bits per heavy atom. The fraction of sp³-hybridized carbons (Fsp3) is 0.125. The van der Waals surface area contributed by atoms with Gasteiger partial charge < -0.3 is 9.47 Å². The molecular formula is C24H22BrN3O4S. The van der Waals surface area contributed by atoms with E-state index >= 15 is 0 Å². The van der Waals surface area contributed by atoms with Gasteiger partial charge in [-0.2, -0.15) is 0 Å². The summed E-state index contributed by atoms with van der Waals surface area (Å²) in [6, 6.07) is 21.3. The number of thiocarbonyl (C=S) groups is 1. The van der Waals surface area contributed by atoms with E-state index in [1.807, 2.05) is 43.3 Å². The first-order chi connectivity index (χ1) is 15.9. The summed E-state index contributed by atoms with van der Waals surface area (Å²) in [6.45, 7) is 2.61. The number of aryl methyl sites for hydroxylation is 1. The Labute approximate surface area is 205 Å². The van der Waals surface area contributed by atoms with Crippen LogP contribution in [0.2, 0.25) is 0 Å². The number of nitrogens with one attached hydrogen (secondary N) is 3. The van der Waals surface area contributed by atoms with Gasteiger partial charge in [0, 0.05) is 15.6 Å². The van der Waals surface area contributed by atoms with E-state index < -0.39 is 5.91 Å². The summed E-state index contributed by atoms with van der Waals surface area (Å²) < 4.78 is 12.1. The molecular weight excluding hydrogens is 506 g/mol. The summed E-state index contributed by atoms with van der Waals surface area (Å²) >= 11 is 8.48. The number of hydrogen-bond acceptors (Lipinski definition) is 5. The number of benzene rings is 3. The van der Waals surface area contributed by atoms with Crippen molar-refractivity contribution in [1.82, 2.24) is 16.2 Å². The van der Waals surface area contributed by atoms with Crippen LogP contribution >= 0.6 is 28.1 Å². The van der Waals surface area contributed by atoms with Gasteiger partial charge in [-0.15, -0.1) is 0 Å². The van der Waals surface area contributed by atoms with Gasteiger partial charge in [0.1, 0.15) is 24.7 Å². The summed E-state index contributed by atoms with van der Waals surface area (Å²) in [6.07, 6.45) is 0. The van der Waals surface area contributed by atoms with Crippen molar-refractivity contribution < 1.29 is 19.1 Å². The second kappa shape index (κ2) is 12.0. The highest BCUT2D eigenvalue weighted by Gasteiger charge is 2.11. The third-order valence-corrected chi connectivity index (χ3v) is 5.47. The molecule has 0 fully saturated rings. The highest BCUT2D eigenvalue weighted by Crippen LogP contribution is 2.17. The minimum atomic E-state index is -0.439. The molecule has 33 heavy (non-hydrogen) atoms. The molecule has 0 aromatic heterocycles. The van der Waals surface area contributed by atoms with E-state index in [4.69, 9.17) is 21.7 Å². The normalized spacial score (nSPS) is 10.1. The van der Waals surface area contributed by atoms with Crippen molar-refractivity contribution in [3.8, 4) is 11.5 Å². The molecule has 3 aromatic rings. The van der Waals surface area contributed by atoms with Gasteiger partial charge in [0.15, 0.2) is 5.11 Å². The Bertz CT molecular complexity index is 1140. The lowest BCUT2D eigenvalue weighted by molar-refractivity contribution is 0.0934. The quantitative estimate of drug-likeness (QED) is 0.243. The maximum absolute atomic E-state index is 12.5. The summed E-state index contributed by atoms with van der Waals surface area (Å²) in [4.78, 5) is 24.7. The molecule has 7 nitrogen and oxygen atoms in total. The average Bonchev–Trinajstić information content (AvgIpc) is 2.83. The van der Waals surface area contributed by atoms with Crippen LogP contribution in [-0.4, -0.2) is 30.1 Å². The van der Waals surface area contributed by atoms with Crippen LogP contribution in [0.1, 0.15) is 26.3 Å². The molecule has 0 aliphatic carbocycles. The van der Waals surface area contributed by atoms with Gasteiger partial charge in [0.2, 0.25) is 0 Å². The lowest BCUT2D eigenvalue weighted by Crippen LogP contribution is -2.48. The van der Waals surface area contributed by atoms with E-state index in [9.17, 15) is 9.59 Å². The standard InChI is InChI=1S/C24H22BrN3O4S/c1-16-10-11-18(15-21(16)25)23(30)27-28-24(33)26-22(29)17-6-5-9-20(14-17)32-13-12-31-19-7-3-2-4-8-19/h2-11,14-15H,12-13H2,1H3,(H,27,30)(H2,26,28,29,33). The van der Waals surface area contributed by atoms with E-state index in [1.165, 1.54) is 0 Å². The summed E-state index contributed by atoms with van der Waals surface area (Å²) in [7, 11) is 0. The topological polar surface area (TPSA) is 88.7 Å². The Kier molecular flexibility index (Phi) is 8.79. The minimum absolute atomic E-state index is 0.0397. The van der Waals surface area contributed by atoms with E-state index in [-0.39, 0.29) is 11.0 Å². The highest BCUT2D eigenvalue weighted by atomic mass is 79.9. The Morgan fingerprint density at radius 3 is 2.21 bits per heavy atom. The summed E-state index contributed by atoms with van der Waals surface area (Å²) in [5, 5.41) is 2.48. The maximum Gasteiger partial charge on any atom is 0.269 e. The number of rotatable bonds is 7. The second-order valence-electron chi connectivity index (χ2n) is 6.86. The largest absolute Gasteiger partial charge is 0.490 e. The molecule has 3 N–H and O–H groups in total. The number of hydrogen-bond donors (Lipinski definition) is 3. The smallest absolute Gasteiger partial charge is 0.269 e. The SMILES string of the molecule is Cc1ccc(C(=O)NNC(=S)NC(=O)c2cccc(OCCOc3ccccc3)c2)cc1Br. The Balaban J connectivity index is 1.44. The van der Waals surface area contributed by atoms with Crippen molar-refractivity contribution in [2.24, 2.45) is 0 Å². The van der Waals surface area contributed by atoms with E-state index in [0.717, 1.165) is 15.8 Å². The number of hydrazine groups is 1. The molecule has 0 atom stereocenters. The molecule has 0 bridgehead atoms. The number of amides is 2. The molecule has 0 saturated carbocycles. The maximum atomic E-state index is 12.5. The first kappa shape index (κ1) is 24.2. The molecule has 3 aromatic carbocycles. The zero-order valence-corrected chi connectivity index (χ0v) is 20.2. The first-order valence-corrected chi connectivity index (χ1v) is 11.2. The molecule has 0 saturated heterocycles. The van der Waals surface area contributed by atoms with Gasteiger partial charge in [-0.05, 0) is 67.2 Å². The molecule has 0 spiro atoms. The van der Waals surface area contributed by atoms with Crippen LogP contribution in [0.5, 0.6) is 11.5 Å². The molecule has 3 rings (SSSR count). The third-order valence-electron chi connectivity index (χ3n) is 4.41. The Hall–Kier alpha value is -3.43. The van der Waals surface area contributed by atoms with Gasteiger partial charge in [-0.3, -0.25) is 25.8 Å². The molecule has 170 valence electrons. The molecule has 9 heteroatoms. The fourth-order valence-corrected chi connectivity index (χ4v) is 3.21. The van der Waals surface area contributed by atoms with Gasteiger partial charge >= 0.3 is 0 Å². The third kappa shape index (κ3) is 7.58. The molecule has 0 aliphatic rings. The second-order valence-corrected chi connectivity index (χ2v) is 8.13. The van der Waals surface area contributed by atoms with Crippen molar-refractivity contribution in [1.29, 1.82) is 0 Å². The average molecular weight is 528 g/mol. The number of carbonyl (C=O) groups excluding carboxylic acids is 2. The van der Waals surface area contributed by atoms with Crippen molar-refractivity contribution in [2.75, 3.05) is 13.2 Å². The van der Waals surface area contributed by atoms with Crippen molar-refractivity contribution in [3.05, 3.63) is 94.0 Å². The predicted molar refractivity (Wildman–Crippen MR) is 133 cm³/mol. The van der Waals surface area contributed by atoms with Gasteiger partial charge in [-0.25, -0.2) is 0 Å². The van der Waals surface area contributed by atoms with Crippen molar-refractivity contribution >= 4 is 45.1 Å². The van der Waals surface area contributed by atoms with E-state index in [2.05, 4.69) is 32.1 Å². The highest BCUT2D eigenvalue weighted by molar-refractivity contribution is 9.10. The summed E-state index contributed by atoms with van der Waals surface area (Å²) in [5.74, 6) is 0.458. The van der Waals surface area contributed by atoms with Crippen LogP contribution in [0.4, 0.5) is 0 Å². The van der Waals surface area contributed by atoms with Crippen LogP contribution in [0, 0.1) is 6.92 Å². The van der Waals surface area contributed by atoms with Gasteiger partial charge in [-0.1, -0.05) is 46.3 Å². The van der Waals surface area contributed by atoms with Crippen LogP contribution in [0.15, 0.2) is 77.3 Å². The van der Waals surface area contributed by atoms with Gasteiger partial charge in [0.05, 0.1) is 0 Å². The number of ether oxygens (including phenoxy) is 2. The number of halogens is 1. The fourth-order valence-electron chi connectivity index (χ4n) is 2.69. The van der Waals surface area contributed by atoms with E-state index in [1.54, 1.807) is 36.4 Å². The lowest BCUT2D eigenvalue weighted by atomic mass is 10.1. The number of para-hydroxylation sites is 1. The zero-order valence-electron chi connectivity index (χ0n) is 17.8. The van der Waals surface area contributed by atoms with Crippen LogP contribution in [0.3, 0.4) is 0 Å². The van der Waals surface area contributed by atoms with Crippen molar-refractivity contribution in [3.63, 3.8) is 0 Å². The number of carbonyl (C=O) groups is 2. The summed E-state index contributed by atoms with van der Waals surface area (Å²) in [5.41, 5.74) is 6.79. The molecule has 2 amide bonds. The monoisotopic (exact) mass is 527 g/mol. The lowest BCUT2D eigenvalue weighted by Gasteiger charge is -2.12. The van der Waals surface area contributed by atoms with Crippen LogP contribution in [0.25, 0.3) is 0 Å². The van der Waals surface area contributed by atoms with Crippen LogP contribution in [-0.2, 0) is 0 Å². The van der Waals surface area contributed by atoms with Crippen LogP contribution < -0.4 is 25.6 Å². The van der Waals surface area contributed by atoms with Gasteiger partial charge in [0.25, 0.3) is 11.8 Å². The Morgan fingerprint density at radius 2 is 1.48 bits per heavy atom. The first-order valence-electron chi connectivity index (χ1n) is 10.0. The molecule has 0 heterocycles. The minimum Gasteiger partial charge on any atom is -0.490 e.